The summed E-state index contributed by atoms with van der Waals surface area (Å²) in [4.78, 5) is 4.22. The average molecular weight is 242 g/mol. The first kappa shape index (κ1) is 10.2. The molecule has 0 aliphatic carbocycles. The van der Waals surface area contributed by atoms with E-state index in [-0.39, 0.29) is 0 Å². The van der Waals surface area contributed by atoms with Crippen LogP contribution in [0.25, 0.3) is 10.8 Å². The summed E-state index contributed by atoms with van der Waals surface area (Å²) in [5.74, 6) is 0.802. The molecule has 1 aromatic carbocycles. The molecule has 3 rings (SSSR count). The van der Waals surface area contributed by atoms with Crippen LogP contribution in [0.5, 0.6) is 0 Å². The number of thiazole rings is 1. The summed E-state index contributed by atoms with van der Waals surface area (Å²) in [5, 5.41) is 15.6. The first-order valence-electron chi connectivity index (χ1n) is 5.25. The van der Waals surface area contributed by atoms with E-state index in [0.717, 1.165) is 22.3 Å². The van der Waals surface area contributed by atoms with Gasteiger partial charge in [0.05, 0.1) is 23.9 Å². The van der Waals surface area contributed by atoms with Crippen molar-refractivity contribution in [2.75, 3.05) is 5.32 Å². The Labute approximate surface area is 102 Å². The van der Waals surface area contributed by atoms with Crippen molar-refractivity contribution in [2.45, 2.75) is 6.54 Å². The highest BCUT2D eigenvalue weighted by atomic mass is 32.1. The lowest BCUT2D eigenvalue weighted by molar-refractivity contribution is 0.999. The minimum absolute atomic E-state index is 0.673. The predicted octanol–water partition coefficient (Wildman–Crippen LogP) is 2.70. The maximum absolute atomic E-state index is 4.22. The molecule has 0 amide bonds. The molecule has 0 fully saturated rings. The second kappa shape index (κ2) is 4.47. The Morgan fingerprint density at radius 2 is 2.18 bits per heavy atom. The summed E-state index contributed by atoms with van der Waals surface area (Å²) >= 11 is 1.59. The summed E-state index contributed by atoms with van der Waals surface area (Å²) in [5.41, 5.74) is 2.84. The molecule has 0 aliphatic rings. The van der Waals surface area contributed by atoms with Gasteiger partial charge in [0.15, 0.2) is 5.82 Å². The minimum Gasteiger partial charge on any atom is -0.362 e. The molecular weight excluding hydrogens is 232 g/mol. The van der Waals surface area contributed by atoms with Crippen molar-refractivity contribution in [3.05, 3.63) is 47.0 Å². The van der Waals surface area contributed by atoms with Gasteiger partial charge in [0.2, 0.25) is 0 Å². The smallest absolute Gasteiger partial charge is 0.156 e. The monoisotopic (exact) mass is 242 g/mol. The molecule has 0 bridgehead atoms. The predicted molar refractivity (Wildman–Crippen MR) is 69.0 cm³/mol. The molecule has 0 spiro atoms. The van der Waals surface area contributed by atoms with Crippen LogP contribution in [-0.4, -0.2) is 15.2 Å². The Morgan fingerprint density at radius 1 is 1.24 bits per heavy atom. The van der Waals surface area contributed by atoms with Crippen molar-refractivity contribution >= 4 is 27.9 Å². The van der Waals surface area contributed by atoms with Crippen molar-refractivity contribution in [2.24, 2.45) is 0 Å². The zero-order chi connectivity index (χ0) is 11.5. The van der Waals surface area contributed by atoms with Crippen LogP contribution in [0.15, 0.2) is 41.4 Å². The fourth-order valence-corrected chi connectivity index (χ4v) is 2.22. The third-order valence-electron chi connectivity index (χ3n) is 2.49. The van der Waals surface area contributed by atoms with E-state index in [0.29, 0.717) is 6.54 Å². The first-order valence-corrected chi connectivity index (χ1v) is 6.19. The maximum atomic E-state index is 4.22. The Hall–Kier alpha value is -2.01. The number of nitrogens with one attached hydrogen (secondary N) is 1. The van der Waals surface area contributed by atoms with Crippen molar-refractivity contribution < 1.29 is 0 Å². The highest BCUT2D eigenvalue weighted by Gasteiger charge is 2.02. The van der Waals surface area contributed by atoms with Gasteiger partial charge >= 0.3 is 0 Å². The number of rotatable bonds is 3. The van der Waals surface area contributed by atoms with Gasteiger partial charge < -0.3 is 5.32 Å². The zero-order valence-corrected chi connectivity index (χ0v) is 9.81. The molecule has 2 aromatic heterocycles. The molecule has 0 radical (unpaired) electrons. The molecule has 1 N–H and O–H groups in total. The van der Waals surface area contributed by atoms with Gasteiger partial charge in [0.25, 0.3) is 0 Å². The van der Waals surface area contributed by atoms with Gasteiger partial charge in [-0.2, -0.15) is 5.10 Å². The number of hydrogen-bond donors (Lipinski definition) is 1. The summed E-state index contributed by atoms with van der Waals surface area (Å²) < 4.78 is 0. The highest BCUT2D eigenvalue weighted by molar-refractivity contribution is 7.07. The lowest BCUT2D eigenvalue weighted by atomic mass is 10.2. The van der Waals surface area contributed by atoms with Crippen molar-refractivity contribution in [1.82, 2.24) is 15.2 Å². The van der Waals surface area contributed by atoms with E-state index in [4.69, 9.17) is 0 Å². The second-order valence-electron chi connectivity index (χ2n) is 3.61. The van der Waals surface area contributed by atoms with Gasteiger partial charge in [-0.1, -0.05) is 24.3 Å². The molecule has 84 valence electrons. The topological polar surface area (TPSA) is 50.7 Å². The summed E-state index contributed by atoms with van der Waals surface area (Å²) in [6.45, 7) is 0.673. The fourth-order valence-electron chi connectivity index (χ4n) is 1.66. The van der Waals surface area contributed by atoms with E-state index in [1.807, 2.05) is 35.2 Å². The zero-order valence-electron chi connectivity index (χ0n) is 9.00. The third-order valence-corrected chi connectivity index (χ3v) is 3.13. The summed E-state index contributed by atoms with van der Waals surface area (Å²) in [7, 11) is 0. The SMILES string of the molecule is c1ccc2c(NCc3cscn3)nncc2c1. The van der Waals surface area contributed by atoms with Gasteiger partial charge in [-0.05, 0) is 0 Å². The van der Waals surface area contributed by atoms with Crippen molar-refractivity contribution in [3.8, 4) is 0 Å². The molecule has 4 nitrogen and oxygen atoms in total. The average Bonchev–Trinajstić information content (AvgIpc) is 2.89. The van der Waals surface area contributed by atoms with E-state index in [1.165, 1.54) is 0 Å². The number of aromatic nitrogens is 3. The Balaban J connectivity index is 1.90. The molecule has 17 heavy (non-hydrogen) atoms. The van der Waals surface area contributed by atoms with Crippen molar-refractivity contribution in [1.29, 1.82) is 0 Å². The van der Waals surface area contributed by atoms with Crippen LogP contribution in [0.3, 0.4) is 0 Å². The lowest BCUT2D eigenvalue weighted by Gasteiger charge is -2.05. The number of benzene rings is 1. The normalized spacial score (nSPS) is 10.6. The molecular formula is C12H10N4S. The van der Waals surface area contributed by atoms with E-state index in [9.17, 15) is 0 Å². The van der Waals surface area contributed by atoms with Crippen LogP contribution < -0.4 is 5.32 Å². The van der Waals surface area contributed by atoms with Crippen molar-refractivity contribution in [3.63, 3.8) is 0 Å². The van der Waals surface area contributed by atoms with E-state index in [1.54, 1.807) is 17.5 Å². The summed E-state index contributed by atoms with van der Waals surface area (Å²) in [6.07, 6.45) is 1.77. The van der Waals surface area contributed by atoms with E-state index >= 15 is 0 Å². The van der Waals surface area contributed by atoms with Crippen LogP contribution in [0.4, 0.5) is 5.82 Å². The van der Waals surface area contributed by atoms with E-state index < -0.39 is 0 Å². The lowest BCUT2D eigenvalue weighted by Crippen LogP contribution is -2.03. The van der Waals surface area contributed by atoms with E-state index in [2.05, 4.69) is 20.5 Å². The molecule has 3 aromatic rings. The molecule has 0 atom stereocenters. The fraction of sp³-hybridized carbons (Fsp3) is 0.0833. The highest BCUT2D eigenvalue weighted by Crippen LogP contribution is 2.19. The molecule has 5 heteroatoms. The van der Waals surface area contributed by atoms with Crippen LogP contribution in [0, 0.1) is 0 Å². The summed E-state index contributed by atoms with van der Waals surface area (Å²) in [6, 6.07) is 8.05. The van der Waals surface area contributed by atoms with Crippen LogP contribution in [-0.2, 0) is 6.54 Å². The Kier molecular flexibility index (Phi) is 2.67. The van der Waals surface area contributed by atoms with Gasteiger partial charge in [0, 0.05) is 16.2 Å². The number of hydrogen-bond acceptors (Lipinski definition) is 5. The number of nitrogens with zero attached hydrogens (tertiary/aromatic N) is 3. The van der Waals surface area contributed by atoms with Gasteiger partial charge in [0.1, 0.15) is 0 Å². The maximum Gasteiger partial charge on any atom is 0.156 e. The molecule has 0 unspecified atom stereocenters. The number of fused-ring (bicyclic) bond motifs is 1. The standard InChI is InChI=1S/C12H10N4S/c1-2-4-11-9(3-1)5-15-16-12(11)13-6-10-7-17-8-14-10/h1-5,7-8H,6H2,(H,13,16). The van der Waals surface area contributed by atoms with Gasteiger partial charge in [-0.15, -0.1) is 16.4 Å². The molecule has 0 saturated heterocycles. The minimum atomic E-state index is 0.673. The first-order chi connectivity index (χ1) is 8.43. The molecule has 2 heterocycles. The van der Waals surface area contributed by atoms with Crippen LogP contribution in [0.2, 0.25) is 0 Å². The molecule has 0 saturated carbocycles. The molecule has 0 aliphatic heterocycles. The third kappa shape index (κ3) is 2.09. The Bertz CT molecular complexity index is 616. The second-order valence-corrected chi connectivity index (χ2v) is 4.33. The van der Waals surface area contributed by atoms with Gasteiger partial charge in [-0.25, -0.2) is 4.98 Å². The number of anilines is 1. The quantitative estimate of drug-likeness (QED) is 0.767. The largest absolute Gasteiger partial charge is 0.362 e. The van der Waals surface area contributed by atoms with Crippen LogP contribution in [0.1, 0.15) is 5.69 Å². The van der Waals surface area contributed by atoms with Gasteiger partial charge in [-0.3, -0.25) is 0 Å². The Morgan fingerprint density at radius 3 is 3.06 bits per heavy atom. The van der Waals surface area contributed by atoms with Crippen LogP contribution >= 0.6 is 11.3 Å².